The Hall–Kier alpha value is -2.78. The molecule has 0 radical (unpaired) electrons. The Bertz CT molecular complexity index is 1240. The molecule has 1 atom stereocenters. The van der Waals surface area contributed by atoms with Crippen molar-refractivity contribution in [1.29, 1.82) is 0 Å². The standard InChI is InChI=1S/C25H30N2O6S/c1-16-19-13-23-24(33-11-10-32-23)14-20(19)25(8-4-5-9-25)15-27(16)34(29,30)18-6-7-22(31-3)21(12-18)26-17(2)28/h6-7,12-14,16H,4-5,8-11,15H2,1-3H3,(H,26,28). The molecule has 2 aliphatic heterocycles. The highest BCUT2D eigenvalue weighted by Gasteiger charge is 2.48. The normalized spacial score (nSPS) is 21.2. The average Bonchev–Trinajstić information content (AvgIpc) is 3.29. The molecule has 0 bridgehead atoms. The second-order valence-corrected chi connectivity index (χ2v) is 11.2. The number of hydrogen-bond donors (Lipinski definition) is 1. The summed E-state index contributed by atoms with van der Waals surface area (Å²) in [6, 6.07) is 8.25. The summed E-state index contributed by atoms with van der Waals surface area (Å²) in [6.45, 7) is 4.70. The third-order valence-corrected chi connectivity index (χ3v) is 9.19. The van der Waals surface area contributed by atoms with Crippen LogP contribution in [0, 0.1) is 0 Å². The first-order valence-electron chi connectivity index (χ1n) is 11.7. The van der Waals surface area contributed by atoms with E-state index in [1.807, 2.05) is 13.0 Å². The number of anilines is 1. The first kappa shape index (κ1) is 23.0. The van der Waals surface area contributed by atoms with Crippen LogP contribution in [0.1, 0.15) is 56.7 Å². The highest BCUT2D eigenvalue weighted by atomic mass is 32.2. The fourth-order valence-corrected chi connectivity index (χ4v) is 7.35. The van der Waals surface area contributed by atoms with Crippen LogP contribution in [0.5, 0.6) is 17.2 Å². The van der Waals surface area contributed by atoms with Gasteiger partial charge in [0.1, 0.15) is 19.0 Å². The zero-order valence-electron chi connectivity index (χ0n) is 19.7. The molecule has 1 unspecified atom stereocenters. The molecule has 0 aromatic heterocycles. The van der Waals surface area contributed by atoms with Gasteiger partial charge in [-0.3, -0.25) is 4.79 Å². The molecular formula is C25H30N2O6S. The summed E-state index contributed by atoms with van der Waals surface area (Å²) in [5, 5.41) is 2.67. The van der Waals surface area contributed by atoms with Crippen molar-refractivity contribution in [1.82, 2.24) is 4.31 Å². The van der Waals surface area contributed by atoms with Crippen LogP contribution in [0.4, 0.5) is 5.69 Å². The Balaban J connectivity index is 1.60. The fourth-order valence-electron chi connectivity index (χ4n) is 5.63. The lowest BCUT2D eigenvalue weighted by Crippen LogP contribution is -2.48. The molecular weight excluding hydrogens is 456 g/mol. The van der Waals surface area contributed by atoms with Crippen molar-refractivity contribution in [3.63, 3.8) is 0 Å². The lowest BCUT2D eigenvalue weighted by atomic mass is 9.72. The monoisotopic (exact) mass is 486 g/mol. The van der Waals surface area contributed by atoms with Gasteiger partial charge in [-0.05, 0) is 61.2 Å². The molecule has 2 aromatic rings. The van der Waals surface area contributed by atoms with E-state index in [1.165, 1.54) is 31.7 Å². The number of benzene rings is 2. The Kier molecular flexibility index (Phi) is 5.72. The predicted molar refractivity (Wildman–Crippen MR) is 127 cm³/mol. The van der Waals surface area contributed by atoms with Crippen LogP contribution < -0.4 is 19.5 Å². The maximum absolute atomic E-state index is 14.0. The molecule has 2 aromatic carbocycles. The number of amides is 1. The van der Waals surface area contributed by atoms with Gasteiger partial charge in [0.2, 0.25) is 15.9 Å². The minimum atomic E-state index is -3.87. The summed E-state index contributed by atoms with van der Waals surface area (Å²) in [5.74, 6) is 1.52. The van der Waals surface area contributed by atoms with Crippen LogP contribution in [0.25, 0.3) is 0 Å². The van der Waals surface area contributed by atoms with Crippen molar-refractivity contribution in [2.75, 3.05) is 32.2 Å². The number of nitrogens with one attached hydrogen (secondary N) is 1. The van der Waals surface area contributed by atoms with Gasteiger partial charge in [0.25, 0.3) is 0 Å². The third kappa shape index (κ3) is 3.71. The van der Waals surface area contributed by atoms with Crippen LogP contribution in [-0.4, -0.2) is 45.5 Å². The number of sulfonamides is 1. The number of rotatable bonds is 4. The first-order valence-corrected chi connectivity index (χ1v) is 13.1. The Morgan fingerprint density at radius 2 is 1.79 bits per heavy atom. The summed E-state index contributed by atoms with van der Waals surface area (Å²) in [5.41, 5.74) is 2.23. The maximum atomic E-state index is 14.0. The van der Waals surface area contributed by atoms with Gasteiger partial charge >= 0.3 is 0 Å². The topological polar surface area (TPSA) is 94.2 Å². The van der Waals surface area contributed by atoms with Crippen LogP contribution in [0.2, 0.25) is 0 Å². The van der Waals surface area contributed by atoms with Gasteiger partial charge in [0, 0.05) is 24.9 Å². The first-order chi connectivity index (χ1) is 16.2. The van der Waals surface area contributed by atoms with Crippen LogP contribution in [0.3, 0.4) is 0 Å². The Morgan fingerprint density at radius 1 is 1.12 bits per heavy atom. The number of nitrogens with zero attached hydrogens (tertiary/aromatic N) is 1. The summed E-state index contributed by atoms with van der Waals surface area (Å²) in [6.07, 6.45) is 3.98. The SMILES string of the molecule is COc1ccc(S(=O)(=O)N2CC3(CCCC3)c3cc4c(cc3C2C)OCCO4)cc1NC(C)=O. The predicted octanol–water partition coefficient (Wildman–Crippen LogP) is 4.00. The van der Waals surface area contributed by atoms with Gasteiger partial charge in [-0.25, -0.2) is 8.42 Å². The second kappa shape index (κ2) is 8.46. The molecule has 1 fully saturated rings. The molecule has 8 nitrogen and oxygen atoms in total. The lowest BCUT2D eigenvalue weighted by Gasteiger charge is -2.45. The molecule has 1 aliphatic carbocycles. The second-order valence-electron chi connectivity index (χ2n) is 9.34. The van der Waals surface area contributed by atoms with Crippen molar-refractivity contribution in [3.05, 3.63) is 41.5 Å². The molecule has 1 saturated carbocycles. The zero-order chi connectivity index (χ0) is 24.1. The zero-order valence-corrected chi connectivity index (χ0v) is 20.5. The van der Waals surface area contributed by atoms with Gasteiger partial charge in [-0.1, -0.05) is 12.8 Å². The molecule has 2 heterocycles. The van der Waals surface area contributed by atoms with Crippen LogP contribution >= 0.6 is 0 Å². The van der Waals surface area contributed by atoms with E-state index in [1.54, 1.807) is 10.4 Å². The van der Waals surface area contributed by atoms with Gasteiger partial charge < -0.3 is 19.5 Å². The van der Waals surface area contributed by atoms with E-state index in [2.05, 4.69) is 11.4 Å². The van der Waals surface area contributed by atoms with Crippen molar-refractivity contribution in [3.8, 4) is 17.2 Å². The fraction of sp³-hybridized carbons (Fsp3) is 0.480. The van der Waals surface area contributed by atoms with Gasteiger partial charge in [0.05, 0.1) is 17.7 Å². The quantitative estimate of drug-likeness (QED) is 0.702. The molecule has 3 aliphatic rings. The third-order valence-electron chi connectivity index (χ3n) is 7.28. The molecule has 1 amide bonds. The number of carbonyl (C=O) groups is 1. The number of methoxy groups -OCH3 is 1. The maximum Gasteiger partial charge on any atom is 0.243 e. The van der Waals surface area contributed by atoms with Crippen molar-refractivity contribution in [2.24, 2.45) is 0 Å². The van der Waals surface area contributed by atoms with Gasteiger partial charge in [0.15, 0.2) is 11.5 Å². The van der Waals surface area contributed by atoms with E-state index in [-0.39, 0.29) is 22.3 Å². The van der Waals surface area contributed by atoms with E-state index < -0.39 is 10.0 Å². The van der Waals surface area contributed by atoms with E-state index in [4.69, 9.17) is 14.2 Å². The van der Waals surface area contributed by atoms with E-state index in [9.17, 15) is 13.2 Å². The molecule has 9 heteroatoms. The molecule has 1 spiro atoms. The summed E-state index contributed by atoms with van der Waals surface area (Å²) < 4.78 is 46.6. The Labute approximate surface area is 200 Å². The largest absolute Gasteiger partial charge is 0.495 e. The van der Waals surface area contributed by atoms with Crippen LogP contribution in [-0.2, 0) is 20.2 Å². The number of carbonyl (C=O) groups excluding carboxylic acids is 1. The molecule has 34 heavy (non-hydrogen) atoms. The molecule has 182 valence electrons. The van der Waals surface area contributed by atoms with Crippen LogP contribution in [0.15, 0.2) is 35.2 Å². The van der Waals surface area contributed by atoms with Crippen molar-refractivity contribution in [2.45, 2.75) is 55.9 Å². The summed E-state index contributed by atoms with van der Waals surface area (Å²) >= 11 is 0. The highest BCUT2D eigenvalue weighted by Crippen LogP contribution is 2.53. The minimum absolute atomic E-state index is 0.123. The van der Waals surface area contributed by atoms with Gasteiger partial charge in [-0.15, -0.1) is 0 Å². The number of ether oxygens (including phenoxy) is 3. The smallest absolute Gasteiger partial charge is 0.243 e. The minimum Gasteiger partial charge on any atom is -0.495 e. The highest BCUT2D eigenvalue weighted by molar-refractivity contribution is 7.89. The van der Waals surface area contributed by atoms with Crippen molar-refractivity contribution < 1.29 is 27.4 Å². The number of fused-ring (bicyclic) bond motifs is 3. The van der Waals surface area contributed by atoms with E-state index in [0.29, 0.717) is 36.9 Å². The van der Waals surface area contributed by atoms with Gasteiger partial charge in [-0.2, -0.15) is 4.31 Å². The summed E-state index contributed by atoms with van der Waals surface area (Å²) in [4.78, 5) is 11.8. The summed E-state index contributed by atoms with van der Waals surface area (Å²) in [7, 11) is -2.39. The molecule has 5 rings (SSSR count). The average molecular weight is 487 g/mol. The van der Waals surface area contributed by atoms with Crippen molar-refractivity contribution >= 4 is 21.6 Å². The van der Waals surface area contributed by atoms with E-state index in [0.717, 1.165) is 37.0 Å². The van der Waals surface area contributed by atoms with E-state index >= 15 is 0 Å². The molecule has 0 saturated heterocycles. The number of hydrogen-bond acceptors (Lipinski definition) is 6. The lowest BCUT2D eigenvalue weighted by molar-refractivity contribution is -0.114. The Morgan fingerprint density at radius 3 is 2.44 bits per heavy atom. The molecule has 1 N–H and O–H groups in total.